The van der Waals surface area contributed by atoms with Crippen molar-refractivity contribution in [3.05, 3.63) is 29.8 Å². The molecule has 0 aromatic heterocycles. The van der Waals surface area contributed by atoms with Gasteiger partial charge in [-0.3, -0.25) is 9.69 Å². The first-order chi connectivity index (χ1) is 15.0. The number of sulfonamides is 1. The molecule has 0 saturated carbocycles. The second-order valence-electron chi connectivity index (χ2n) is 9.03. The van der Waals surface area contributed by atoms with Gasteiger partial charge in [0.1, 0.15) is 0 Å². The van der Waals surface area contributed by atoms with E-state index in [1.165, 1.54) is 25.9 Å². The molecule has 3 heterocycles. The minimum Gasteiger partial charge on any atom is -0.336 e. The van der Waals surface area contributed by atoms with Gasteiger partial charge in [-0.25, -0.2) is 8.42 Å². The van der Waals surface area contributed by atoms with Crippen LogP contribution in [0.3, 0.4) is 0 Å². The molecule has 172 valence electrons. The summed E-state index contributed by atoms with van der Waals surface area (Å²) in [6.07, 6.45) is 6.65. The summed E-state index contributed by atoms with van der Waals surface area (Å²) in [5.74, 6) is -0.00193. The number of amides is 1. The molecule has 8 heteroatoms. The van der Waals surface area contributed by atoms with Gasteiger partial charge >= 0.3 is 0 Å². The molecule has 1 aromatic carbocycles. The molecule has 3 aliphatic rings. The van der Waals surface area contributed by atoms with E-state index in [4.69, 9.17) is 0 Å². The Kier molecular flexibility index (Phi) is 7.63. The van der Waals surface area contributed by atoms with Crippen LogP contribution in [-0.2, 0) is 10.0 Å². The average Bonchev–Trinajstić information content (AvgIpc) is 3.17. The Bertz CT molecular complexity index is 821. The van der Waals surface area contributed by atoms with Crippen molar-refractivity contribution in [2.24, 2.45) is 0 Å². The minimum atomic E-state index is -3.48. The topological polar surface area (TPSA) is 64.2 Å². The smallest absolute Gasteiger partial charge is 0.253 e. The van der Waals surface area contributed by atoms with Crippen LogP contribution < -0.4 is 0 Å². The molecule has 0 aliphatic carbocycles. The van der Waals surface area contributed by atoms with E-state index in [2.05, 4.69) is 9.80 Å². The number of carbonyl (C=O) groups is 1. The molecule has 0 N–H and O–H groups in total. The van der Waals surface area contributed by atoms with Crippen molar-refractivity contribution in [2.45, 2.75) is 43.4 Å². The number of piperazine rings is 1. The van der Waals surface area contributed by atoms with E-state index in [9.17, 15) is 13.2 Å². The quantitative estimate of drug-likeness (QED) is 0.667. The van der Waals surface area contributed by atoms with Gasteiger partial charge in [-0.05, 0) is 63.0 Å². The molecule has 3 aliphatic heterocycles. The van der Waals surface area contributed by atoms with Gasteiger partial charge in [-0.1, -0.05) is 12.8 Å². The lowest BCUT2D eigenvalue weighted by Gasteiger charge is -2.35. The Hall–Kier alpha value is -1.48. The molecule has 3 saturated heterocycles. The van der Waals surface area contributed by atoms with Gasteiger partial charge in [-0.2, -0.15) is 4.31 Å². The summed E-state index contributed by atoms with van der Waals surface area (Å²) in [5.41, 5.74) is 0.570. The molecular formula is C23H36N4O3S. The number of likely N-dealkylation sites (tertiary alicyclic amines) is 1. The third-order valence-corrected chi connectivity index (χ3v) is 8.81. The maximum absolute atomic E-state index is 12.9. The molecule has 0 radical (unpaired) electrons. The lowest BCUT2D eigenvalue weighted by molar-refractivity contribution is 0.0626. The fourth-order valence-corrected chi connectivity index (χ4v) is 6.36. The molecule has 31 heavy (non-hydrogen) atoms. The molecular weight excluding hydrogens is 412 g/mol. The van der Waals surface area contributed by atoms with Crippen LogP contribution in [0.1, 0.15) is 48.9 Å². The summed E-state index contributed by atoms with van der Waals surface area (Å²) in [6, 6.07) is 6.54. The Morgan fingerprint density at radius 1 is 0.677 bits per heavy atom. The summed E-state index contributed by atoms with van der Waals surface area (Å²) in [6.45, 7) is 9.09. The molecule has 1 amide bonds. The van der Waals surface area contributed by atoms with E-state index in [1.807, 2.05) is 4.90 Å². The standard InChI is InChI=1S/C23H36N4O3S/c28-23(26-19-17-25(18-20-26)16-15-24-11-5-6-12-24)21-7-9-22(10-8-21)31(29,30)27-13-3-1-2-4-14-27/h7-10H,1-6,11-20H2. The molecule has 7 nitrogen and oxygen atoms in total. The monoisotopic (exact) mass is 448 g/mol. The first-order valence-corrected chi connectivity index (χ1v) is 13.3. The SMILES string of the molecule is O=C(c1ccc(S(=O)(=O)N2CCCCCC2)cc1)N1CCN(CCN2CCCC2)CC1. The number of carbonyl (C=O) groups excluding carboxylic acids is 1. The van der Waals surface area contributed by atoms with Crippen molar-refractivity contribution >= 4 is 15.9 Å². The number of nitrogens with zero attached hydrogens (tertiary/aromatic N) is 4. The lowest BCUT2D eigenvalue weighted by Crippen LogP contribution is -2.50. The highest BCUT2D eigenvalue weighted by atomic mass is 32.2. The first-order valence-electron chi connectivity index (χ1n) is 11.9. The normalized spacial score (nSPS) is 22.5. The Balaban J connectivity index is 1.30. The summed E-state index contributed by atoms with van der Waals surface area (Å²) in [4.78, 5) is 20.1. The number of hydrogen-bond donors (Lipinski definition) is 0. The summed E-state index contributed by atoms with van der Waals surface area (Å²) >= 11 is 0. The highest BCUT2D eigenvalue weighted by Gasteiger charge is 2.26. The van der Waals surface area contributed by atoms with Gasteiger partial charge < -0.3 is 9.80 Å². The largest absolute Gasteiger partial charge is 0.336 e. The maximum Gasteiger partial charge on any atom is 0.253 e. The zero-order valence-corrected chi connectivity index (χ0v) is 19.4. The number of rotatable bonds is 6. The molecule has 0 atom stereocenters. The summed E-state index contributed by atoms with van der Waals surface area (Å²) in [5, 5.41) is 0. The van der Waals surface area contributed by atoms with Gasteiger partial charge in [-0.15, -0.1) is 0 Å². The van der Waals surface area contributed by atoms with E-state index >= 15 is 0 Å². The highest BCUT2D eigenvalue weighted by Crippen LogP contribution is 2.21. The second kappa shape index (κ2) is 10.4. The molecule has 0 unspecified atom stereocenters. The number of hydrogen-bond acceptors (Lipinski definition) is 5. The molecule has 4 rings (SSSR count). The lowest BCUT2D eigenvalue weighted by atomic mass is 10.2. The molecule has 1 aromatic rings. The maximum atomic E-state index is 12.9. The van der Waals surface area contributed by atoms with Gasteiger partial charge in [0.2, 0.25) is 10.0 Å². The van der Waals surface area contributed by atoms with Crippen LogP contribution in [-0.4, -0.2) is 98.8 Å². The van der Waals surface area contributed by atoms with Gasteiger partial charge in [0.15, 0.2) is 0 Å². The van der Waals surface area contributed by atoms with Crippen LogP contribution >= 0.6 is 0 Å². The average molecular weight is 449 g/mol. The van der Waals surface area contributed by atoms with Gasteiger partial charge in [0, 0.05) is 57.9 Å². The van der Waals surface area contributed by atoms with E-state index in [0.717, 1.165) is 65.0 Å². The predicted molar refractivity (Wildman–Crippen MR) is 122 cm³/mol. The third kappa shape index (κ3) is 5.66. The van der Waals surface area contributed by atoms with E-state index in [-0.39, 0.29) is 10.8 Å². The molecule has 3 fully saturated rings. The van der Waals surface area contributed by atoms with E-state index in [1.54, 1.807) is 28.6 Å². The van der Waals surface area contributed by atoms with Crippen LogP contribution in [0.4, 0.5) is 0 Å². The minimum absolute atomic E-state index is 0.00193. The van der Waals surface area contributed by atoms with Crippen molar-refractivity contribution in [3.8, 4) is 0 Å². The van der Waals surface area contributed by atoms with Crippen molar-refractivity contribution in [1.82, 2.24) is 19.0 Å². The van der Waals surface area contributed by atoms with E-state index < -0.39 is 10.0 Å². The van der Waals surface area contributed by atoms with Crippen molar-refractivity contribution in [2.75, 3.05) is 65.4 Å². The van der Waals surface area contributed by atoms with Crippen molar-refractivity contribution in [3.63, 3.8) is 0 Å². The third-order valence-electron chi connectivity index (χ3n) is 6.89. The highest BCUT2D eigenvalue weighted by molar-refractivity contribution is 7.89. The summed E-state index contributed by atoms with van der Waals surface area (Å²) in [7, 11) is -3.48. The van der Waals surface area contributed by atoms with Gasteiger partial charge in [0.25, 0.3) is 5.91 Å². The Morgan fingerprint density at radius 3 is 1.77 bits per heavy atom. The Morgan fingerprint density at radius 2 is 1.19 bits per heavy atom. The van der Waals surface area contributed by atoms with Crippen LogP contribution in [0.25, 0.3) is 0 Å². The zero-order chi connectivity index (χ0) is 21.7. The van der Waals surface area contributed by atoms with E-state index in [0.29, 0.717) is 18.7 Å². The second-order valence-corrected chi connectivity index (χ2v) is 11.0. The number of benzene rings is 1. The van der Waals surface area contributed by atoms with Crippen LogP contribution in [0.2, 0.25) is 0 Å². The van der Waals surface area contributed by atoms with Gasteiger partial charge in [0.05, 0.1) is 4.90 Å². The molecule has 0 bridgehead atoms. The van der Waals surface area contributed by atoms with Crippen molar-refractivity contribution < 1.29 is 13.2 Å². The van der Waals surface area contributed by atoms with Crippen molar-refractivity contribution in [1.29, 1.82) is 0 Å². The fraction of sp³-hybridized carbons (Fsp3) is 0.696. The first kappa shape index (κ1) is 22.7. The van der Waals surface area contributed by atoms with Crippen LogP contribution in [0, 0.1) is 0 Å². The van der Waals surface area contributed by atoms with Crippen LogP contribution in [0.15, 0.2) is 29.2 Å². The zero-order valence-electron chi connectivity index (χ0n) is 18.5. The summed E-state index contributed by atoms with van der Waals surface area (Å²) < 4.78 is 27.5. The fourth-order valence-electron chi connectivity index (χ4n) is 4.85. The molecule has 0 spiro atoms. The van der Waals surface area contributed by atoms with Crippen LogP contribution in [0.5, 0.6) is 0 Å². The Labute approximate surface area is 187 Å². The predicted octanol–water partition coefficient (Wildman–Crippen LogP) is 2.10.